The molecule has 1 aromatic carbocycles. The average Bonchev–Trinajstić information content (AvgIpc) is 3.14. The van der Waals surface area contributed by atoms with Crippen LogP contribution in [0.15, 0.2) is 36.5 Å². The highest BCUT2D eigenvalue weighted by atomic mass is 16.5. The predicted octanol–water partition coefficient (Wildman–Crippen LogP) is 2.88. The molecule has 1 aromatic heterocycles. The van der Waals surface area contributed by atoms with E-state index in [1.165, 1.54) is 0 Å². The lowest BCUT2D eigenvalue weighted by Crippen LogP contribution is -2.43. The number of likely N-dealkylation sites (tertiary alicyclic amines) is 1. The number of carbonyl (C=O) groups excluding carboxylic acids is 2. The number of carbonyl (C=O) groups is 2. The summed E-state index contributed by atoms with van der Waals surface area (Å²) in [6, 6.07) is 8.96. The summed E-state index contributed by atoms with van der Waals surface area (Å²) in [6.07, 6.45) is 3.46. The maximum absolute atomic E-state index is 12.8. The first-order chi connectivity index (χ1) is 13.0. The van der Waals surface area contributed by atoms with Gasteiger partial charge in [0.05, 0.1) is 19.2 Å². The van der Waals surface area contributed by atoms with Crippen LogP contribution in [0.1, 0.15) is 29.7 Å². The first-order valence-electron chi connectivity index (χ1n) is 9.14. The number of anilines is 1. The van der Waals surface area contributed by atoms with Gasteiger partial charge in [-0.25, -0.2) is 0 Å². The van der Waals surface area contributed by atoms with Gasteiger partial charge in [0, 0.05) is 18.4 Å². The first-order valence-corrected chi connectivity index (χ1v) is 9.14. The number of benzene rings is 1. The van der Waals surface area contributed by atoms with Gasteiger partial charge in [0.2, 0.25) is 11.8 Å². The molecule has 142 valence electrons. The average molecular weight is 367 g/mol. The van der Waals surface area contributed by atoms with Gasteiger partial charge >= 0.3 is 0 Å². The predicted molar refractivity (Wildman–Crippen MR) is 104 cm³/mol. The monoisotopic (exact) mass is 367 g/mol. The molecule has 1 aliphatic heterocycles. The Morgan fingerprint density at radius 1 is 1.26 bits per heavy atom. The molecule has 1 unspecified atom stereocenters. The number of aromatic nitrogens is 1. The number of amides is 2. The van der Waals surface area contributed by atoms with E-state index < -0.39 is 6.04 Å². The van der Waals surface area contributed by atoms with Crippen molar-refractivity contribution in [2.45, 2.75) is 39.2 Å². The molecule has 27 heavy (non-hydrogen) atoms. The molecule has 1 aliphatic rings. The van der Waals surface area contributed by atoms with Crippen molar-refractivity contribution < 1.29 is 14.3 Å². The Balaban J connectivity index is 1.70. The summed E-state index contributed by atoms with van der Waals surface area (Å²) < 4.78 is 5.32. The van der Waals surface area contributed by atoms with E-state index in [9.17, 15) is 9.59 Å². The highest BCUT2D eigenvalue weighted by Crippen LogP contribution is 2.27. The van der Waals surface area contributed by atoms with E-state index in [4.69, 9.17) is 4.74 Å². The zero-order valence-electron chi connectivity index (χ0n) is 16.0. The van der Waals surface area contributed by atoms with Gasteiger partial charge in [0.15, 0.2) is 0 Å². The Bertz CT molecular complexity index is 833. The van der Waals surface area contributed by atoms with Gasteiger partial charge in [-0.15, -0.1) is 0 Å². The van der Waals surface area contributed by atoms with Crippen LogP contribution >= 0.6 is 0 Å². The minimum absolute atomic E-state index is 0.0467. The molecule has 1 fully saturated rings. The first kappa shape index (κ1) is 18.9. The number of ether oxygens (including phenoxy) is 1. The number of hydrogen-bond donors (Lipinski definition) is 1. The molecule has 3 rings (SSSR count). The van der Waals surface area contributed by atoms with Crippen LogP contribution in [0, 0.1) is 13.8 Å². The molecule has 6 nitrogen and oxygen atoms in total. The number of rotatable bonds is 5. The fourth-order valence-electron chi connectivity index (χ4n) is 3.35. The summed E-state index contributed by atoms with van der Waals surface area (Å²) >= 11 is 0. The molecule has 2 amide bonds. The summed E-state index contributed by atoms with van der Waals surface area (Å²) in [5.74, 6) is 0.386. The van der Waals surface area contributed by atoms with Crippen LogP contribution in [0.4, 0.5) is 5.69 Å². The lowest BCUT2D eigenvalue weighted by Gasteiger charge is -2.24. The second-order valence-corrected chi connectivity index (χ2v) is 6.92. The summed E-state index contributed by atoms with van der Waals surface area (Å²) in [4.78, 5) is 31.5. The Morgan fingerprint density at radius 3 is 2.78 bits per heavy atom. The standard InChI is InChI=1S/C21H25N3O3/c1-14-6-9-19(27-3)17(11-14)23-21(26)18-5-4-10-24(18)20(25)12-16-8-7-15(2)22-13-16/h6-9,11,13,18H,4-5,10,12H2,1-3H3,(H,23,26). The van der Waals surface area contributed by atoms with Crippen LogP contribution < -0.4 is 10.1 Å². The Labute approximate surface area is 159 Å². The molecule has 1 N–H and O–H groups in total. The summed E-state index contributed by atoms with van der Waals surface area (Å²) in [5, 5.41) is 2.93. The van der Waals surface area contributed by atoms with Crippen LogP contribution in [0.3, 0.4) is 0 Å². The second-order valence-electron chi connectivity index (χ2n) is 6.92. The summed E-state index contributed by atoms with van der Waals surface area (Å²) in [7, 11) is 1.57. The maximum Gasteiger partial charge on any atom is 0.247 e. The number of methoxy groups -OCH3 is 1. The van der Waals surface area contributed by atoms with Gasteiger partial charge in [-0.1, -0.05) is 12.1 Å². The Kier molecular flexibility index (Phi) is 5.74. The fourth-order valence-corrected chi connectivity index (χ4v) is 3.35. The van der Waals surface area contributed by atoms with Crippen LogP contribution in [0.2, 0.25) is 0 Å². The molecule has 2 aromatic rings. The molecular formula is C21H25N3O3. The highest BCUT2D eigenvalue weighted by molar-refractivity contribution is 5.98. The molecular weight excluding hydrogens is 342 g/mol. The van der Waals surface area contributed by atoms with Gasteiger partial charge < -0.3 is 15.0 Å². The number of hydrogen-bond acceptors (Lipinski definition) is 4. The summed E-state index contributed by atoms with van der Waals surface area (Å²) in [5.41, 5.74) is 3.43. The van der Waals surface area contributed by atoms with Crippen LogP contribution in [-0.4, -0.2) is 41.4 Å². The van der Waals surface area contributed by atoms with Gasteiger partial charge in [0.1, 0.15) is 11.8 Å². The lowest BCUT2D eigenvalue weighted by molar-refractivity contribution is -0.136. The van der Waals surface area contributed by atoms with Crippen LogP contribution in [0.5, 0.6) is 5.75 Å². The van der Waals surface area contributed by atoms with Crippen molar-refractivity contribution >= 4 is 17.5 Å². The molecule has 0 bridgehead atoms. The van der Waals surface area contributed by atoms with E-state index in [1.54, 1.807) is 18.2 Å². The van der Waals surface area contributed by atoms with E-state index in [0.29, 0.717) is 24.4 Å². The minimum Gasteiger partial charge on any atom is -0.495 e. The topological polar surface area (TPSA) is 71.5 Å². The van der Waals surface area contributed by atoms with Crippen molar-refractivity contribution in [3.8, 4) is 5.75 Å². The minimum atomic E-state index is -0.457. The van der Waals surface area contributed by atoms with E-state index in [-0.39, 0.29) is 18.2 Å². The van der Waals surface area contributed by atoms with E-state index in [2.05, 4.69) is 10.3 Å². The smallest absolute Gasteiger partial charge is 0.247 e. The molecule has 0 saturated carbocycles. The van der Waals surface area contributed by atoms with Crippen molar-refractivity contribution in [2.24, 2.45) is 0 Å². The SMILES string of the molecule is COc1ccc(C)cc1NC(=O)C1CCCN1C(=O)Cc1ccc(C)nc1. The molecule has 6 heteroatoms. The van der Waals surface area contributed by atoms with Gasteiger partial charge in [-0.2, -0.15) is 0 Å². The lowest BCUT2D eigenvalue weighted by atomic mass is 10.1. The molecule has 1 atom stereocenters. The second kappa shape index (κ2) is 8.20. The van der Waals surface area contributed by atoms with Crippen molar-refractivity contribution in [1.29, 1.82) is 0 Å². The third-order valence-electron chi connectivity index (χ3n) is 4.82. The van der Waals surface area contributed by atoms with E-state index in [0.717, 1.165) is 23.2 Å². The molecule has 1 saturated heterocycles. The molecule has 0 aliphatic carbocycles. The molecule has 0 radical (unpaired) electrons. The van der Waals surface area contributed by atoms with E-state index >= 15 is 0 Å². The third-order valence-corrected chi connectivity index (χ3v) is 4.82. The van der Waals surface area contributed by atoms with Crippen molar-refractivity contribution in [1.82, 2.24) is 9.88 Å². The van der Waals surface area contributed by atoms with Crippen LogP contribution in [0.25, 0.3) is 0 Å². The summed E-state index contributed by atoms with van der Waals surface area (Å²) in [6.45, 7) is 4.46. The number of aryl methyl sites for hydroxylation is 2. The normalized spacial score (nSPS) is 16.3. The zero-order chi connectivity index (χ0) is 19.4. The van der Waals surface area contributed by atoms with E-state index in [1.807, 2.05) is 44.2 Å². The maximum atomic E-state index is 12.8. The largest absolute Gasteiger partial charge is 0.495 e. The number of nitrogens with one attached hydrogen (secondary N) is 1. The van der Waals surface area contributed by atoms with Crippen molar-refractivity contribution in [2.75, 3.05) is 19.0 Å². The molecule has 2 heterocycles. The Morgan fingerprint density at radius 2 is 2.07 bits per heavy atom. The highest BCUT2D eigenvalue weighted by Gasteiger charge is 2.34. The van der Waals surface area contributed by atoms with Crippen molar-refractivity contribution in [3.63, 3.8) is 0 Å². The Hall–Kier alpha value is -2.89. The van der Waals surface area contributed by atoms with Gasteiger partial charge in [-0.05, 0) is 56.0 Å². The fraction of sp³-hybridized carbons (Fsp3) is 0.381. The van der Waals surface area contributed by atoms with Crippen molar-refractivity contribution in [3.05, 3.63) is 53.3 Å². The van der Waals surface area contributed by atoms with Crippen LogP contribution in [-0.2, 0) is 16.0 Å². The third kappa shape index (κ3) is 4.45. The van der Waals surface area contributed by atoms with Gasteiger partial charge in [0.25, 0.3) is 0 Å². The quantitative estimate of drug-likeness (QED) is 0.882. The number of pyridine rings is 1. The molecule has 0 spiro atoms. The van der Waals surface area contributed by atoms with Gasteiger partial charge in [-0.3, -0.25) is 14.6 Å². The number of nitrogens with zero attached hydrogens (tertiary/aromatic N) is 2. The zero-order valence-corrected chi connectivity index (χ0v) is 16.0.